The Morgan fingerprint density at radius 2 is 1.58 bits per heavy atom. The molecule has 0 aromatic heterocycles. The van der Waals surface area contributed by atoms with Crippen LogP contribution in [-0.2, 0) is 4.74 Å². The van der Waals surface area contributed by atoms with E-state index in [9.17, 15) is 4.79 Å². The van der Waals surface area contributed by atoms with Crippen molar-refractivity contribution in [2.24, 2.45) is 0 Å². The molecule has 2 heterocycles. The first-order valence-electron chi connectivity index (χ1n) is 9.18. The van der Waals surface area contributed by atoms with Crippen molar-refractivity contribution in [3.63, 3.8) is 0 Å². The maximum Gasteiger partial charge on any atom is 0.321 e. The van der Waals surface area contributed by atoms with Crippen molar-refractivity contribution in [3.8, 4) is 0 Å². The molecule has 2 atom stereocenters. The van der Waals surface area contributed by atoms with Gasteiger partial charge in [0.1, 0.15) is 0 Å². The number of amides is 2. The van der Waals surface area contributed by atoms with Gasteiger partial charge in [0.25, 0.3) is 0 Å². The Labute approximate surface area is 145 Å². The predicted octanol–water partition coefficient (Wildman–Crippen LogP) is 3.71. The van der Waals surface area contributed by atoms with E-state index in [-0.39, 0.29) is 18.2 Å². The van der Waals surface area contributed by atoms with Crippen molar-refractivity contribution in [2.45, 2.75) is 51.7 Å². The zero-order valence-electron chi connectivity index (χ0n) is 14.8. The van der Waals surface area contributed by atoms with Crippen molar-refractivity contribution >= 4 is 17.4 Å². The molecule has 2 fully saturated rings. The number of carbonyl (C=O) groups excluding carboxylic acids is 1. The Balaban J connectivity index is 1.58. The van der Waals surface area contributed by atoms with Gasteiger partial charge in [-0.1, -0.05) is 12.8 Å². The molecule has 0 spiro atoms. The van der Waals surface area contributed by atoms with Gasteiger partial charge in [-0.3, -0.25) is 0 Å². The van der Waals surface area contributed by atoms with E-state index in [0.29, 0.717) is 0 Å². The van der Waals surface area contributed by atoms with Crippen molar-refractivity contribution in [1.82, 2.24) is 4.90 Å². The number of hydrogen-bond donors (Lipinski definition) is 1. The normalized spacial score (nSPS) is 25.2. The molecule has 2 saturated heterocycles. The Morgan fingerprint density at radius 1 is 1.00 bits per heavy atom. The second kappa shape index (κ2) is 7.88. The summed E-state index contributed by atoms with van der Waals surface area (Å²) in [4.78, 5) is 16.7. The van der Waals surface area contributed by atoms with Gasteiger partial charge in [0.05, 0.1) is 12.2 Å². The van der Waals surface area contributed by atoms with Crippen LogP contribution in [0, 0.1) is 0 Å². The Bertz CT molecular complexity index is 528. The van der Waals surface area contributed by atoms with E-state index >= 15 is 0 Å². The molecule has 132 valence electrons. The fraction of sp³-hybridized carbons (Fsp3) is 0.632. The largest absolute Gasteiger partial charge is 0.372 e. The second-order valence-electron chi connectivity index (χ2n) is 7.04. The van der Waals surface area contributed by atoms with E-state index in [0.717, 1.165) is 44.7 Å². The summed E-state index contributed by atoms with van der Waals surface area (Å²) in [6.45, 7) is 7.77. The minimum atomic E-state index is 0.0262. The van der Waals surface area contributed by atoms with Crippen LogP contribution in [0.2, 0.25) is 0 Å². The third kappa shape index (κ3) is 4.41. The number of hydrogen-bond acceptors (Lipinski definition) is 3. The fourth-order valence-electron chi connectivity index (χ4n) is 3.62. The SMILES string of the molecule is C[C@H]1CN(c2ccc(NC(=O)N3CCCCCC3)cc2)C[C@H](C)O1. The van der Waals surface area contributed by atoms with Crippen LogP contribution in [0.25, 0.3) is 0 Å². The van der Waals surface area contributed by atoms with Gasteiger partial charge in [0.2, 0.25) is 0 Å². The van der Waals surface area contributed by atoms with Crippen LogP contribution in [0.3, 0.4) is 0 Å². The van der Waals surface area contributed by atoms with Crippen LogP contribution in [-0.4, -0.2) is 49.3 Å². The molecule has 1 N–H and O–H groups in total. The van der Waals surface area contributed by atoms with E-state index in [4.69, 9.17) is 4.74 Å². The number of likely N-dealkylation sites (tertiary alicyclic amines) is 1. The maximum absolute atomic E-state index is 12.4. The number of anilines is 2. The minimum Gasteiger partial charge on any atom is -0.372 e. The highest BCUT2D eigenvalue weighted by atomic mass is 16.5. The Hall–Kier alpha value is -1.75. The van der Waals surface area contributed by atoms with Gasteiger partial charge in [-0.2, -0.15) is 0 Å². The number of morpholine rings is 1. The lowest BCUT2D eigenvalue weighted by molar-refractivity contribution is -0.00521. The van der Waals surface area contributed by atoms with Gasteiger partial charge < -0.3 is 19.9 Å². The number of urea groups is 1. The molecule has 3 rings (SSSR count). The van der Waals surface area contributed by atoms with Gasteiger partial charge in [-0.25, -0.2) is 4.79 Å². The molecule has 0 radical (unpaired) electrons. The number of benzene rings is 1. The number of nitrogens with one attached hydrogen (secondary N) is 1. The molecule has 24 heavy (non-hydrogen) atoms. The lowest BCUT2D eigenvalue weighted by atomic mass is 10.2. The van der Waals surface area contributed by atoms with Gasteiger partial charge >= 0.3 is 6.03 Å². The molecule has 0 unspecified atom stereocenters. The highest BCUT2D eigenvalue weighted by Gasteiger charge is 2.22. The highest BCUT2D eigenvalue weighted by molar-refractivity contribution is 5.89. The summed E-state index contributed by atoms with van der Waals surface area (Å²) in [5, 5.41) is 3.03. The van der Waals surface area contributed by atoms with Crippen molar-refractivity contribution in [3.05, 3.63) is 24.3 Å². The van der Waals surface area contributed by atoms with Gasteiger partial charge in [0.15, 0.2) is 0 Å². The molecule has 2 aliphatic rings. The average Bonchev–Trinajstić information content (AvgIpc) is 2.84. The fourth-order valence-corrected chi connectivity index (χ4v) is 3.62. The number of ether oxygens (including phenoxy) is 1. The Morgan fingerprint density at radius 3 is 2.17 bits per heavy atom. The lowest BCUT2D eigenvalue weighted by Gasteiger charge is -2.36. The highest BCUT2D eigenvalue weighted by Crippen LogP contribution is 2.22. The van der Waals surface area contributed by atoms with E-state index in [2.05, 4.69) is 36.2 Å². The first kappa shape index (κ1) is 17.1. The molecule has 0 bridgehead atoms. The molecule has 2 aliphatic heterocycles. The summed E-state index contributed by atoms with van der Waals surface area (Å²) >= 11 is 0. The lowest BCUT2D eigenvalue weighted by Crippen LogP contribution is -2.45. The van der Waals surface area contributed by atoms with Crippen LogP contribution in [0.5, 0.6) is 0 Å². The molecule has 1 aromatic rings. The van der Waals surface area contributed by atoms with Gasteiger partial charge in [-0.15, -0.1) is 0 Å². The van der Waals surface area contributed by atoms with Gasteiger partial charge in [0, 0.05) is 37.6 Å². The van der Waals surface area contributed by atoms with E-state index in [1.807, 2.05) is 17.0 Å². The van der Waals surface area contributed by atoms with Crippen LogP contribution >= 0.6 is 0 Å². The molecule has 1 aromatic carbocycles. The average molecular weight is 331 g/mol. The smallest absolute Gasteiger partial charge is 0.321 e. The van der Waals surface area contributed by atoms with Crippen LogP contribution in [0.1, 0.15) is 39.5 Å². The number of rotatable bonds is 2. The molecule has 2 amide bonds. The third-order valence-electron chi connectivity index (χ3n) is 4.80. The van der Waals surface area contributed by atoms with E-state index in [1.165, 1.54) is 18.5 Å². The maximum atomic E-state index is 12.4. The van der Waals surface area contributed by atoms with Crippen molar-refractivity contribution < 1.29 is 9.53 Å². The van der Waals surface area contributed by atoms with Gasteiger partial charge in [-0.05, 0) is 51.0 Å². The topological polar surface area (TPSA) is 44.8 Å². The molecule has 0 saturated carbocycles. The van der Waals surface area contributed by atoms with Crippen molar-refractivity contribution in [1.29, 1.82) is 0 Å². The van der Waals surface area contributed by atoms with Crippen LogP contribution in [0.15, 0.2) is 24.3 Å². The summed E-state index contributed by atoms with van der Waals surface area (Å²) in [5.41, 5.74) is 2.05. The van der Waals surface area contributed by atoms with E-state index < -0.39 is 0 Å². The summed E-state index contributed by atoms with van der Waals surface area (Å²) in [6.07, 6.45) is 5.18. The Kier molecular flexibility index (Phi) is 5.61. The minimum absolute atomic E-state index is 0.0262. The second-order valence-corrected chi connectivity index (χ2v) is 7.04. The third-order valence-corrected chi connectivity index (χ3v) is 4.80. The predicted molar refractivity (Wildman–Crippen MR) is 97.7 cm³/mol. The summed E-state index contributed by atoms with van der Waals surface area (Å²) in [6, 6.07) is 8.19. The molecule has 0 aliphatic carbocycles. The molecule has 5 heteroatoms. The molecular formula is C19H29N3O2. The zero-order chi connectivity index (χ0) is 16.9. The number of nitrogens with zero attached hydrogens (tertiary/aromatic N) is 2. The first-order valence-corrected chi connectivity index (χ1v) is 9.18. The first-order chi connectivity index (χ1) is 11.6. The van der Waals surface area contributed by atoms with Crippen LogP contribution in [0.4, 0.5) is 16.2 Å². The summed E-state index contributed by atoms with van der Waals surface area (Å²) < 4.78 is 5.79. The standard InChI is InChI=1S/C19H29N3O2/c1-15-13-22(14-16(2)24-15)18-9-7-17(8-10-18)20-19(23)21-11-5-3-4-6-12-21/h7-10,15-16H,3-6,11-14H2,1-2H3,(H,20,23)/t15-,16-/m0/s1. The zero-order valence-corrected chi connectivity index (χ0v) is 14.8. The quantitative estimate of drug-likeness (QED) is 0.898. The molecule has 5 nitrogen and oxygen atoms in total. The summed E-state index contributed by atoms with van der Waals surface area (Å²) in [7, 11) is 0. The van der Waals surface area contributed by atoms with Crippen molar-refractivity contribution in [2.75, 3.05) is 36.4 Å². The number of carbonyl (C=O) groups is 1. The van der Waals surface area contributed by atoms with Crippen LogP contribution < -0.4 is 10.2 Å². The summed E-state index contributed by atoms with van der Waals surface area (Å²) in [5.74, 6) is 0. The monoisotopic (exact) mass is 331 g/mol. The van der Waals surface area contributed by atoms with E-state index in [1.54, 1.807) is 0 Å². The molecular weight excluding hydrogens is 302 g/mol.